The number of anilines is 3. The van der Waals surface area contributed by atoms with Crippen molar-refractivity contribution in [2.75, 3.05) is 4.90 Å². The molecule has 2 aliphatic carbocycles. The summed E-state index contributed by atoms with van der Waals surface area (Å²) in [5.41, 5.74) is 21.2. The van der Waals surface area contributed by atoms with Crippen LogP contribution < -0.4 is 4.90 Å². The standard InChI is InChI=1S/C61H47NO2/c1-7-15-52-44(8-2)46-26-24-41(35-54(46)60(52,3)4)62(42-25-27-47-45-16-9-12-19-53(45)61(5,6)55(47)36-42)43-31-39(37-22-28-58-50(33-37)48-17-10-13-20-56(48)63-58)30-40(32-43)38-23-29-59-51(34-38)49-18-11-14-21-57(49)64-59/h7-36H,2H2,1,3-6H3/b15-7-. The molecule has 10 aromatic rings. The normalized spacial score (nSPS) is 14.8. The van der Waals surface area contributed by atoms with Gasteiger partial charge < -0.3 is 13.7 Å². The van der Waals surface area contributed by atoms with Crippen LogP contribution in [0.3, 0.4) is 0 Å². The molecule has 308 valence electrons. The molecular weight excluding hydrogens is 779 g/mol. The van der Waals surface area contributed by atoms with Gasteiger partial charge in [0.2, 0.25) is 0 Å². The first-order valence-electron chi connectivity index (χ1n) is 22.3. The SMILES string of the molecule is C=CC1=C(/C=C\C)C(C)(C)c2cc(N(c3cc(-c4ccc5oc6ccccc6c5c4)cc(-c4ccc5oc6ccccc6c5c4)c3)c3ccc4c(c3)C(C)(C)c3ccccc3-4)ccc21. The van der Waals surface area contributed by atoms with Crippen molar-refractivity contribution >= 4 is 66.5 Å². The quantitative estimate of drug-likeness (QED) is 0.160. The van der Waals surface area contributed by atoms with Gasteiger partial charge in [-0.15, -0.1) is 0 Å². The van der Waals surface area contributed by atoms with Gasteiger partial charge in [-0.3, -0.25) is 0 Å². The lowest BCUT2D eigenvalue weighted by molar-refractivity contribution is 0.654. The molecule has 3 heteroatoms. The van der Waals surface area contributed by atoms with Crippen LogP contribution in [0.5, 0.6) is 0 Å². The minimum atomic E-state index is -0.229. The summed E-state index contributed by atoms with van der Waals surface area (Å²) in [7, 11) is 0. The summed E-state index contributed by atoms with van der Waals surface area (Å²) in [6, 6.07) is 59.9. The van der Waals surface area contributed by atoms with E-state index in [4.69, 9.17) is 8.83 Å². The van der Waals surface area contributed by atoms with E-state index in [1.54, 1.807) is 0 Å². The number of benzene rings is 8. The van der Waals surface area contributed by atoms with Gasteiger partial charge in [-0.1, -0.05) is 137 Å². The number of allylic oxidation sites excluding steroid dienone is 5. The van der Waals surface area contributed by atoms with E-state index in [1.165, 1.54) is 44.5 Å². The van der Waals surface area contributed by atoms with E-state index in [2.05, 4.69) is 198 Å². The van der Waals surface area contributed by atoms with E-state index in [0.717, 1.165) is 83.2 Å². The molecule has 0 radical (unpaired) electrons. The van der Waals surface area contributed by atoms with Crippen molar-refractivity contribution in [3.05, 3.63) is 216 Å². The second kappa shape index (κ2) is 13.9. The zero-order chi connectivity index (χ0) is 43.5. The summed E-state index contributed by atoms with van der Waals surface area (Å²) >= 11 is 0. The molecule has 0 fully saturated rings. The van der Waals surface area contributed by atoms with Gasteiger partial charge in [0.25, 0.3) is 0 Å². The molecule has 0 N–H and O–H groups in total. The van der Waals surface area contributed by atoms with Gasteiger partial charge in [-0.25, -0.2) is 0 Å². The van der Waals surface area contributed by atoms with Crippen LogP contribution in [0.15, 0.2) is 203 Å². The summed E-state index contributed by atoms with van der Waals surface area (Å²) in [4.78, 5) is 2.47. The van der Waals surface area contributed by atoms with Crippen LogP contribution >= 0.6 is 0 Å². The second-order valence-electron chi connectivity index (χ2n) is 18.5. The van der Waals surface area contributed by atoms with Crippen LogP contribution in [0.4, 0.5) is 17.1 Å². The number of nitrogens with zero attached hydrogens (tertiary/aromatic N) is 1. The number of rotatable bonds is 7. The van der Waals surface area contributed by atoms with E-state index in [9.17, 15) is 0 Å². The third kappa shape index (κ3) is 5.60. The molecule has 0 unspecified atom stereocenters. The maximum Gasteiger partial charge on any atom is 0.135 e. The van der Waals surface area contributed by atoms with Crippen LogP contribution in [-0.4, -0.2) is 0 Å². The number of hydrogen-bond acceptors (Lipinski definition) is 3. The molecule has 12 rings (SSSR count). The monoisotopic (exact) mass is 825 g/mol. The molecule has 0 saturated carbocycles. The molecule has 0 amide bonds. The summed E-state index contributed by atoms with van der Waals surface area (Å²) in [5, 5.41) is 4.43. The minimum absolute atomic E-state index is 0.170. The summed E-state index contributed by atoms with van der Waals surface area (Å²) < 4.78 is 12.6. The molecular formula is C61H47NO2. The highest BCUT2D eigenvalue weighted by molar-refractivity contribution is 6.08. The van der Waals surface area contributed by atoms with Crippen LogP contribution in [0.2, 0.25) is 0 Å². The fourth-order valence-electron chi connectivity index (χ4n) is 10.9. The Morgan fingerprint density at radius 2 is 0.953 bits per heavy atom. The average molecular weight is 826 g/mol. The zero-order valence-corrected chi connectivity index (χ0v) is 36.8. The molecule has 0 aliphatic heterocycles. The highest BCUT2D eigenvalue weighted by Crippen LogP contribution is 2.53. The molecule has 0 saturated heterocycles. The van der Waals surface area contributed by atoms with Gasteiger partial charge in [-0.2, -0.15) is 0 Å². The molecule has 2 aromatic heterocycles. The maximum atomic E-state index is 6.32. The second-order valence-corrected chi connectivity index (χ2v) is 18.5. The lowest BCUT2D eigenvalue weighted by atomic mass is 9.80. The molecule has 2 aliphatic rings. The Labute approximate surface area is 373 Å². The van der Waals surface area contributed by atoms with E-state index in [0.29, 0.717) is 0 Å². The Hall–Kier alpha value is -7.62. The third-order valence-corrected chi connectivity index (χ3v) is 14.1. The van der Waals surface area contributed by atoms with Gasteiger partial charge in [0.15, 0.2) is 0 Å². The Kier molecular flexibility index (Phi) is 8.30. The van der Waals surface area contributed by atoms with Gasteiger partial charge >= 0.3 is 0 Å². The molecule has 2 heterocycles. The van der Waals surface area contributed by atoms with Crippen molar-refractivity contribution in [2.24, 2.45) is 0 Å². The van der Waals surface area contributed by atoms with Crippen molar-refractivity contribution in [3.63, 3.8) is 0 Å². The Morgan fingerprint density at radius 3 is 1.55 bits per heavy atom. The highest BCUT2D eigenvalue weighted by atomic mass is 16.3. The van der Waals surface area contributed by atoms with E-state index in [-0.39, 0.29) is 10.8 Å². The number of furan rings is 2. The fraction of sp³-hybridized carbons (Fsp3) is 0.115. The molecule has 3 nitrogen and oxygen atoms in total. The van der Waals surface area contributed by atoms with Crippen molar-refractivity contribution in [1.29, 1.82) is 0 Å². The topological polar surface area (TPSA) is 29.5 Å². The Morgan fingerprint density at radius 1 is 0.438 bits per heavy atom. The van der Waals surface area contributed by atoms with Crippen LogP contribution in [0.25, 0.3) is 82.8 Å². The average Bonchev–Trinajstić information content (AvgIpc) is 4.01. The molecule has 0 atom stereocenters. The minimum Gasteiger partial charge on any atom is -0.456 e. The van der Waals surface area contributed by atoms with Crippen molar-refractivity contribution in [2.45, 2.75) is 45.4 Å². The lowest BCUT2D eigenvalue weighted by Gasteiger charge is -2.30. The number of hydrogen-bond donors (Lipinski definition) is 0. The maximum absolute atomic E-state index is 6.32. The Bertz CT molecular complexity index is 3530. The van der Waals surface area contributed by atoms with E-state index < -0.39 is 0 Å². The van der Waals surface area contributed by atoms with Gasteiger partial charge in [0, 0.05) is 49.4 Å². The highest BCUT2D eigenvalue weighted by Gasteiger charge is 2.38. The lowest BCUT2D eigenvalue weighted by Crippen LogP contribution is -2.18. The Balaban J connectivity index is 1.12. The van der Waals surface area contributed by atoms with Gasteiger partial charge in [-0.05, 0) is 153 Å². The first kappa shape index (κ1) is 38.1. The summed E-state index contributed by atoms with van der Waals surface area (Å²) in [6.07, 6.45) is 6.42. The van der Waals surface area contributed by atoms with Gasteiger partial charge in [0.05, 0.1) is 0 Å². The summed E-state index contributed by atoms with van der Waals surface area (Å²) in [5.74, 6) is 0. The number of fused-ring (bicyclic) bond motifs is 10. The van der Waals surface area contributed by atoms with Crippen molar-refractivity contribution in [3.8, 4) is 33.4 Å². The molecule has 8 aromatic carbocycles. The molecule has 64 heavy (non-hydrogen) atoms. The van der Waals surface area contributed by atoms with Crippen LogP contribution in [-0.2, 0) is 10.8 Å². The third-order valence-electron chi connectivity index (χ3n) is 14.1. The van der Waals surface area contributed by atoms with Crippen molar-refractivity contribution in [1.82, 2.24) is 0 Å². The van der Waals surface area contributed by atoms with E-state index in [1.807, 2.05) is 30.3 Å². The predicted octanol–water partition coefficient (Wildman–Crippen LogP) is 17.4. The first-order chi connectivity index (χ1) is 31.1. The predicted molar refractivity (Wildman–Crippen MR) is 269 cm³/mol. The van der Waals surface area contributed by atoms with E-state index >= 15 is 0 Å². The smallest absolute Gasteiger partial charge is 0.135 e. The number of para-hydroxylation sites is 2. The fourth-order valence-corrected chi connectivity index (χ4v) is 10.9. The van der Waals surface area contributed by atoms with Crippen LogP contribution in [0, 0.1) is 0 Å². The summed E-state index contributed by atoms with van der Waals surface area (Å²) in [6.45, 7) is 15.8. The molecule has 0 spiro atoms. The largest absolute Gasteiger partial charge is 0.456 e. The first-order valence-corrected chi connectivity index (χ1v) is 22.3. The molecule has 0 bridgehead atoms. The zero-order valence-electron chi connectivity index (χ0n) is 36.8. The van der Waals surface area contributed by atoms with Crippen LogP contribution in [0.1, 0.15) is 56.9 Å². The van der Waals surface area contributed by atoms with Crippen molar-refractivity contribution < 1.29 is 8.83 Å². The van der Waals surface area contributed by atoms with Gasteiger partial charge in [0.1, 0.15) is 22.3 Å².